The molecule has 5 heteroatoms. The largest absolute Gasteiger partial charge is 0.382 e. The summed E-state index contributed by atoms with van der Waals surface area (Å²) in [6.07, 6.45) is 1.67. The van der Waals surface area contributed by atoms with Crippen LogP contribution in [0, 0.1) is 5.41 Å². The molecule has 0 atom stereocenters. The Labute approximate surface area is 120 Å². The van der Waals surface area contributed by atoms with Crippen molar-refractivity contribution in [3.8, 4) is 0 Å². The summed E-state index contributed by atoms with van der Waals surface area (Å²) >= 11 is 3.47. The Morgan fingerprint density at radius 2 is 2.16 bits per heavy atom. The predicted octanol–water partition coefficient (Wildman–Crippen LogP) is 2.76. The van der Waals surface area contributed by atoms with Crippen molar-refractivity contribution in [2.24, 2.45) is 5.73 Å². The number of rotatable bonds is 4. The van der Waals surface area contributed by atoms with Crippen LogP contribution in [0.15, 0.2) is 47.1 Å². The van der Waals surface area contributed by atoms with E-state index >= 15 is 0 Å². The van der Waals surface area contributed by atoms with Crippen LogP contribution in [-0.2, 0) is 6.54 Å². The van der Waals surface area contributed by atoms with Crippen molar-refractivity contribution < 1.29 is 0 Å². The van der Waals surface area contributed by atoms with Crippen LogP contribution in [0.2, 0.25) is 0 Å². The van der Waals surface area contributed by atoms with Crippen LogP contribution in [-0.4, -0.2) is 17.9 Å². The summed E-state index contributed by atoms with van der Waals surface area (Å²) in [7, 11) is 2.00. The van der Waals surface area contributed by atoms with Gasteiger partial charge >= 0.3 is 0 Å². The van der Waals surface area contributed by atoms with Gasteiger partial charge in [0.1, 0.15) is 11.5 Å². The maximum absolute atomic E-state index is 7.41. The third-order valence-electron chi connectivity index (χ3n) is 2.77. The summed E-state index contributed by atoms with van der Waals surface area (Å²) in [5.41, 5.74) is 8.14. The lowest BCUT2D eigenvalue weighted by Gasteiger charge is -2.20. The van der Waals surface area contributed by atoms with Gasteiger partial charge in [0.15, 0.2) is 0 Å². The number of halogens is 1. The van der Waals surface area contributed by atoms with Crippen LogP contribution in [0.1, 0.15) is 11.3 Å². The quantitative estimate of drug-likeness (QED) is 0.673. The zero-order chi connectivity index (χ0) is 13.8. The molecule has 0 unspecified atom stereocenters. The second-order valence-electron chi connectivity index (χ2n) is 4.30. The van der Waals surface area contributed by atoms with Crippen LogP contribution in [0.25, 0.3) is 0 Å². The van der Waals surface area contributed by atoms with E-state index in [1.54, 1.807) is 6.20 Å². The van der Waals surface area contributed by atoms with Gasteiger partial charge in [0.2, 0.25) is 0 Å². The lowest BCUT2D eigenvalue weighted by atomic mass is 10.2. The number of nitrogen functional groups attached to an aromatic ring is 1. The zero-order valence-corrected chi connectivity index (χ0v) is 12.2. The highest BCUT2D eigenvalue weighted by molar-refractivity contribution is 9.10. The van der Waals surface area contributed by atoms with Gasteiger partial charge < -0.3 is 10.6 Å². The molecule has 1 heterocycles. The summed E-state index contributed by atoms with van der Waals surface area (Å²) in [5, 5.41) is 7.41. The highest BCUT2D eigenvalue weighted by Crippen LogP contribution is 2.18. The van der Waals surface area contributed by atoms with Crippen molar-refractivity contribution in [2.45, 2.75) is 6.54 Å². The van der Waals surface area contributed by atoms with E-state index in [4.69, 9.17) is 11.1 Å². The average molecular weight is 319 g/mol. The van der Waals surface area contributed by atoms with Crippen LogP contribution in [0.4, 0.5) is 5.69 Å². The highest BCUT2D eigenvalue weighted by Gasteiger charge is 2.05. The number of nitrogens with zero attached hydrogens (tertiary/aromatic N) is 2. The van der Waals surface area contributed by atoms with Crippen molar-refractivity contribution >= 4 is 27.5 Å². The van der Waals surface area contributed by atoms with Crippen LogP contribution >= 0.6 is 15.9 Å². The molecule has 0 aliphatic carbocycles. The lowest BCUT2D eigenvalue weighted by molar-refractivity contribution is 0.919. The second kappa shape index (κ2) is 5.84. The molecule has 4 nitrogen and oxygen atoms in total. The van der Waals surface area contributed by atoms with E-state index in [1.165, 1.54) is 5.56 Å². The van der Waals surface area contributed by atoms with Gasteiger partial charge in [-0.15, -0.1) is 0 Å². The van der Waals surface area contributed by atoms with E-state index in [0.717, 1.165) is 16.7 Å². The highest BCUT2D eigenvalue weighted by atomic mass is 79.9. The van der Waals surface area contributed by atoms with Gasteiger partial charge in [-0.25, -0.2) is 0 Å². The summed E-state index contributed by atoms with van der Waals surface area (Å²) < 4.78 is 1.07. The molecule has 0 spiro atoms. The van der Waals surface area contributed by atoms with Crippen molar-refractivity contribution in [1.82, 2.24) is 4.98 Å². The molecular formula is C14H15BrN4. The second-order valence-corrected chi connectivity index (χ2v) is 5.21. The summed E-state index contributed by atoms with van der Waals surface area (Å²) in [6, 6.07) is 11.9. The number of hydrogen-bond donors (Lipinski definition) is 2. The molecule has 3 N–H and O–H groups in total. The molecule has 0 bridgehead atoms. The van der Waals surface area contributed by atoms with E-state index in [2.05, 4.69) is 37.9 Å². The Bertz CT molecular complexity index is 598. The zero-order valence-electron chi connectivity index (χ0n) is 10.6. The fraction of sp³-hybridized carbons (Fsp3) is 0.143. The SMILES string of the molecule is CN(Cc1cccc(Br)c1)c1ccnc(C(=N)N)c1. The molecule has 0 saturated carbocycles. The number of pyridine rings is 1. The summed E-state index contributed by atoms with van der Waals surface area (Å²) in [5.74, 6) is -0.0160. The van der Waals surface area contributed by atoms with Gasteiger partial charge in [-0.05, 0) is 29.8 Å². The van der Waals surface area contributed by atoms with Crippen LogP contribution in [0.3, 0.4) is 0 Å². The van der Waals surface area contributed by atoms with Gasteiger partial charge in [0, 0.05) is 29.9 Å². The minimum Gasteiger partial charge on any atom is -0.382 e. The molecule has 19 heavy (non-hydrogen) atoms. The molecule has 2 rings (SSSR count). The van der Waals surface area contributed by atoms with E-state index in [0.29, 0.717) is 5.69 Å². The standard InChI is InChI=1S/C14H15BrN4/c1-19(9-10-3-2-4-11(15)7-10)12-5-6-18-13(8-12)14(16)17/h2-8H,9H2,1H3,(H3,16,17). The molecule has 1 aromatic heterocycles. The van der Waals surface area contributed by atoms with Crippen molar-refractivity contribution in [1.29, 1.82) is 5.41 Å². The topological polar surface area (TPSA) is 66.0 Å². The Morgan fingerprint density at radius 1 is 1.37 bits per heavy atom. The Morgan fingerprint density at radius 3 is 2.84 bits per heavy atom. The first-order chi connectivity index (χ1) is 9.06. The summed E-state index contributed by atoms with van der Waals surface area (Å²) in [4.78, 5) is 6.15. The molecule has 0 amide bonds. The van der Waals surface area contributed by atoms with E-state index in [9.17, 15) is 0 Å². The fourth-order valence-corrected chi connectivity index (χ4v) is 2.25. The summed E-state index contributed by atoms with van der Waals surface area (Å²) in [6.45, 7) is 0.779. The number of hydrogen-bond acceptors (Lipinski definition) is 3. The van der Waals surface area contributed by atoms with Crippen molar-refractivity contribution in [3.63, 3.8) is 0 Å². The van der Waals surface area contributed by atoms with Gasteiger partial charge in [-0.1, -0.05) is 28.1 Å². The molecule has 0 aliphatic rings. The Hall–Kier alpha value is -1.88. The molecule has 0 radical (unpaired) electrons. The van der Waals surface area contributed by atoms with Crippen molar-refractivity contribution in [3.05, 3.63) is 58.3 Å². The van der Waals surface area contributed by atoms with E-state index in [1.807, 2.05) is 31.3 Å². The van der Waals surface area contributed by atoms with Crippen LogP contribution < -0.4 is 10.6 Å². The first-order valence-corrected chi connectivity index (χ1v) is 6.61. The third-order valence-corrected chi connectivity index (χ3v) is 3.26. The van der Waals surface area contributed by atoms with Gasteiger partial charge in [-0.2, -0.15) is 0 Å². The minimum atomic E-state index is -0.0160. The molecule has 0 aliphatic heterocycles. The number of benzene rings is 1. The molecule has 1 aromatic carbocycles. The smallest absolute Gasteiger partial charge is 0.141 e. The number of anilines is 1. The number of nitrogens with two attached hydrogens (primary N) is 1. The third kappa shape index (κ3) is 3.54. The molecule has 0 fully saturated rings. The maximum atomic E-state index is 7.41. The van der Waals surface area contributed by atoms with E-state index < -0.39 is 0 Å². The molecule has 0 saturated heterocycles. The number of nitrogens with one attached hydrogen (secondary N) is 1. The number of amidine groups is 1. The first kappa shape index (κ1) is 13.5. The monoisotopic (exact) mass is 318 g/mol. The Balaban J connectivity index is 2.18. The van der Waals surface area contributed by atoms with Gasteiger partial charge in [0.05, 0.1) is 0 Å². The maximum Gasteiger partial charge on any atom is 0.141 e. The Kier molecular flexibility index (Phi) is 4.16. The lowest BCUT2D eigenvalue weighted by Crippen LogP contribution is -2.18. The molecule has 2 aromatic rings. The molecule has 98 valence electrons. The predicted molar refractivity (Wildman–Crippen MR) is 81.5 cm³/mol. The van der Waals surface area contributed by atoms with Gasteiger partial charge in [-0.3, -0.25) is 10.4 Å². The number of aromatic nitrogens is 1. The molecular weight excluding hydrogens is 304 g/mol. The van der Waals surface area contributed by atoms with E-state index in [-0.39, 0.29) is 5.84 Å². The van der Waals surface area contributed by atoms with Crippen LogP contribution in [0.5, 0.6) is 0 Å². The minimum absolute atomic E-state index is 0.0160. The normalized spacial score (nSPS) is 10.2. The van der Waals surface area contributed by atoms with Gasteiger partial charge in [0.25, 0.3) is 0 Å². The first-order valence-electron chi connectivity index (χ1n) is 5.82. The average Bonchev–Trinajstić information content (AvgIpc) is 2.39. The fourth-order valence-electron chi connectivity index (χ4n) is 1.80. The van der Waals surface area contributed by atoms with Crippen molar-refractivity contribution in [2.75, 3.05) is 11.9 Å².